The molecule has 0 aromatic heterocycles. The highest BCUT2D eigenvalue weighted by Crippen LogP contribution is 2.55. The van der Waals surface area contributed by atoms with Gasteiger partial charge in [-0.25, -0.2) is 0 Å². The molecule has 2 fully saturated rings. The van der Waals surface area contributed by atoms with Crippen molar-refractivity contribution in [3.05, 3.63) is 0 Å². The largest absolute Gasteiger partial charge is 0.0654 e. The molecule has 0 N–H and O–H groups in total. The van der Waals surface area contributed by atoms with E-state index in [4.69, 9.17) is 0 Å². The lowest BCUT2D eigenvalue weighted by molar-refractivity contribution is -0.0397. The highest BCUT2D eigenvalue weighted by atomic mass is 14.5. The zero-order chi connectivity index (χ0) is 19.3. The molecule has 2 rings (SSSR count). The maximum atomic E-state index is 2.56. The Labute approximate surface area is 166 Å². The molecule has 0 nitrogen and oxygen atoms in total. The van der Waals surface area contributed by atoms with Crippen LogP contribution in [-0.4, -0.2) is 0 Å². The highest BCUT2D eigenvalue weighted by molar-refractivity contribution is 4.97. The summed E-state index contributed by atoms with van der Waals surface area (Å²) in [6, 6.07) is 0. The van der Waals surface area contributed by atoms with Crippen LogP contribution in [0.4, 0.5) is 0 Å². The third-order valence-electron chi connectivity index (χ3n) is 8.77. The lowest BCUT2D eigenvalue weighted by Gasteiger charge is -2.53. The number of rotatable bonds is 13. The summed E-state index contributed by atoms with van der Waals surface area (Å²) in [5.41, 5.74) is 0. The van der Waals surface area contributed by atoms with E-state index in [0.717, 1.165) is 53.3 Å². The molecule has 0 aromatic rings. The molecule has 8 unspecified atom stereocenters. The SMILES string of the molecule is CCCC(C(CCC(C)CC)CC1CC1C)C1CC(C)C1C(CC)CC. The van der Waals surface area contributed by atoms with Crippen LogP contribution in [0.2, 0.25) is 0 Å². The molecular weight excluding hydrogens is 312 g/mol. The molecular formula is C26H50. The summed E-state index contributed by atoms with van der Waals surface area (Å²) < 4.78 is 0. The van der Waals surface area contributed by atoms with Gasteiger partial charge >= 0.3 is 0 Å². The van der Waals surface area contributed by atoms with Gasteiger partial charge in [0.2, 0.25) is 0 Å². The van der Waals surface area contributed by atoms with Crippen LogP contribution in [0.3, 0.4) is 0 Å². The molecule has 0 heteroatoms. The average molecular weight is 363 g/mol. The Hall–Kier alpha value is 0. The third-order valence-corrected chi connectivity index (χ3v) is 8.77. The molecule has 2 aliphatic carbocycles. The first-order valence-corrected chi connectivity index (χ1v) is 12.5. The topological polar surface area (TPSA) is 0 Å². The Kier molecular flexibility index (Phi) is 9.02. The van der Waals surface area contributed by atoms with Gasteiger partial charge in [0.15, 0.2) is 0 Å². The molecule has 2 aliphatic rings. The van der Waals surface area contributed by atoms with Crippen molar-refractivity contribution in [3.8, 4) is 0 Å². The quantitative estimate of drug-likeness (QED) is 0.307. The van der Waals surface area contributed by atoms with E-state index in [-0.39, 0.29) is 0 Å². The fraction of sp³-hybridized carbons (Fsp3) is 1.00. The van der Waals surface area contributed by atoms with Crippen molar-refractivity contribution in [2.75, 3.05) is 0 Å². The monoisotopic (exact) mass is 362 g/mol. The van der Waals surface area contributed by atoms with Crippen LogP contribution in [0.5, 0.6) is 0 Å². The predicted octanol–water partition coefficient (Wildman–Crippen LogP) is 8.60. The molecule has 0 radical (unpaired) electrons. The summed E-state index contributed by atoms with van der Waals surface area (Å²) >= 11 is 0. The van der Waals surface area contributed by atoms with E-state index in [1.54, 1.807) is 6.42 Å². The van der Waals surface area contributed by atoms with Crippen molar-refractivity contribution >= 4 is 0 Å². The summed E-state index contributed by atoms with van der Waals surface area (Å²) in [5.74, 6) is 9.12. The van der Waals surface area contributed by atoms with Crippen LogP contribution in [0.1, 0.15) is 113 Å². The van der Waals surface area contributed by atoms with Gasteiger partial charge in [-0.15, -0.1) is 0 Å². The first-order chi connectivity index (χ1) is 12.5. The smallest absolute Gasteiger partial charge is 0.0329 e. The molecule has 154 valence electrons. The van der Waals surface area contributed by atoms with Crippen LogP contribution >= 0.6 is 0 Å². The first-order valence-electron chi connectivity index (χ1n) is 12.5. The number of hydrogen-bond donors (Lipinski definition) is 0. The maximum absolute atomic E-state index is 2.56. The highest BCUT2D eigenvalue weighted by Gasteiger charge is 2.47. The van der Waals surface area contributed by atoms with Crippen LogP contribution in [-0.2, 0) is 0 Å². The van der Waals surface area contributed by atoms with Gasteiger partial charge < -0.3 is 0 Å². The summed E-state index contributed by atoms with van der Waals surface area (Å²) in [7, 11) is 0. The predicted molar refractivity (Wildman–Crippen MR) is 117 cm³/mol. The van der Waals surface area contributed by atoms with Gasteiger partial charge in [-0.2, -0.15) is 0 Å². The first kappa shape index (κ1) is 22.3. The van der Waals surface area contributed by atoms with Gasteiger partial charge in [0.25, 0.3) is 0 Å². The molecule has 0 spiro atoms. The van der Waals surface area contributed by atoms with Crippen molar-refractivity contribution in [1.82, 2.24) is 0 Å². The fourth-order valence-corrected chi connectivity index (χ4v) is 6.54. The second kappa shape index (κ2) is 10.5. The average Bonchev–Trinajstić information content (AvgIpc) is 3.33. The van der Waals surface area contributed by atoms with Crippen molar-refractivity contribution in [2.45, 2.75) is 113 Å². The lowest BCUT2D eigenvalue weighted by Crippen LogP contribution is -2.46. The Morgan fingerprint density at radius 1 is 0.808 bits per heavy atom. The van der Waals surface area contributed by atoms with Crippen LogP contribution in [0.15, 0.2) is 0 Å². The second-order valence-electron chi connectivity index (χ2n) is 10.5. The van der Waals surface area contributed by atoms with Crippen molar-refractivity contribution < 1.29 is 0 Å². The van der Waals surface area contributed by atoms with Gasteiger partial charge in [-0.05, 0) is 78.9 Å². The molecule has 0 heterocycles. The minimum absolute atomic E-state index is 0.923. The zero-order valence-electron chi connectivity index (χ0n) is 19.3. The van der Waals surface area contributed by atoms with E-state index in [2.05, 4.69) is 48.5 Å². The molecule has 0 saturated heterocycles. The van der Waals surface area contributed by atoms with E-state index >= 15 is 0 Å². The molecule has 0 aromatic carbocycles. The van der Waals surface area contributed by atoms with Crippen molar-refractivity contribution in [3.63, 3.8) is 0 Å². The molecule has 2 saturated carbocycles. The molecule has 8 atom stereocenters. The van der Waals surface area contributed by atoms with Gasteiger partial charge in [0.1, 0.15) is 0 Å². The Balaban J connectivity index is 2.10. The van der Waals surface area contributed by atoms with Gasteiger partial charge in [-0.1, -0.05) is 87.0 Å². The Morgan fingerprint density at radius 3 is 1.92 bits per heavy atom. The van der Waals surface area contributed by atoms with Gasteiger partial charge in [0.05, 0.1) is 0 Å². The standard InChI is InChI=1S/C26H50/c1-8-12-24(25-16-20(7)26(25)21(10-3)11-4)22(14-13-18(5)9-2)17-23-15-19(23)6/h18-26H,8-17H2,1-7H3. The third kappa shape index (κ3) is 5.51. The normalized spacial score (nSPS) is 34.4. The van der Waals surface area contributed by atoms with Gasteiger partial charge in [-0.3, -0.25) is 0 Å². The van der Waals surface area contributed by atoms with E-state index in [1.807, 2.05) is 0 Å². The molecule has 0 amide bonds. The lowest BCUT2D eigenvalue weighted by atomic mass is 9.52. The fourth-order valence-electron chi connectivity index (χ4n) is 6.54. The second-order valence-corrected chi connectivity index (χ2v) is 10.5. The summed E-state index contributed by atoms with van der Waals surface area (Å²) in [5, 5.41) is 0. The summed E-state index contributed by atoms with van der Waals surface area (Å²) in [6.07, 6.45) is 14.7. The molecule has 0 aliphatic heterocycles. The van der Waals surface area contributed by atoms with Crippen molar-refractivity contribution in [2.24, 2.45) is 53.3 Å². The van der Waals surface area contributed by atoms with Crippen molar-refractivity contribution in [1.29, 1.82) is 0 Å². The molecule has 26 heavy (non-hydrogen) atoms. The number of hydrogen-bond acceptors (Lipinski definition) is 0. The zero-order valence-corrected chi connectivity index (χ0v) is 19.3. The van der Waals surface area contributed by atoms with E-state index in [0.29, 0.717) is 0 Å². The Morgan fingerprint density at radius 2 is 1.46 bits per heavy atom. The maximum Gasteiger partial charge on any atom is -0.0329 e. The minimum Gasteiger partial charge on any atom is -0.0654 e. The minimum atomic E-state index is 0.923. The van der Waals surface area contributed by atoms with E-state index in [1.165, 1.54) is 57.8 Å². The van der Waals surface area contributed by atoms with Gasteiger partial charge in [0, 0.05) is 0 Å². The summed E-state index contributed by atoms with van der Waals surface area (Å²) in [4.78, 5) is 0. The van der Waals surface area contributed by atoms with E-state index < -0.39 is 0 Å². The van der Waals surface area contributed by atoms with E-state index in [9.17, 15) is 0 Å². The van der Waals surface area contributed by atoms with Crippen LogP contribution < -0.4 is 0 Å². The molecule has 0 bridgehead atoms. The van der Waals surface area contributed by atoms with Crippen LogP contribution in [0.25, 0.3) is 0 Å². The summed E-state index contributed by atoms with van der Waals surface area (Å²) in [6.45, 7) is 17.2. The van der Waals surface area contributed by atoms with Crippen LogP contribution in [0, 0.1) is 53.3 Å². The Bertz CT molecular complexity index is 381.